The third kappa shape index (κ3) is 3.85. The number of amides is 1. The molecule has 0 spiro atoms. The lowest BCUT2D eigenvalue weighted by Crippen LogP contribution is -2.54. The average molecular weight is 315 g/mol. The first-order valence-electron chi connectivity index (χ1n) is 8.19. The Morgan fingerprint density at radius 3 is 2.91 bits per heavy atom. The number of benzene rings is 1. The van der Waals surface area contributed by atoms with Gasteiger partial charge >= 0.3 is 6.09 Å². The number of carbonyl (C=O) groups is 1. The van der Waals surface area contributed by atoms with Crippen LogP contribution in [-0.2, 0) is 11.2 Å². The van der Waals surface area contributed by atoms with Crippen LogP contribution in [0.3, 0.4) is 0 Å². The summed E-state index contributed by atoms with van der Waals surface area (Å²) in [5, 5.41) is 4.76. The molecule has 0 unspecified atom stereocenters. The first-order valence-corrected chi connectivity index (χ1v) is 8.19. The molecule has 0 bridgehead atoms. The van der Waals surface area contributed by atoms with Crippen molar-refractivity contribution >= 4 is 17.0 Å². The minimum Gasteiger partial charge on any atom is -0.444 e. The summed E-state index contributed by atoms with van der Waals surface area (Å²) in [7, 11) is 0. The van der Waals surface area contributed by atoms with E-state index in [1.807, 2.05) is 26.8 Å². The Morgan fingerprint density at radius 2 is 2.13 bits per heavy atom. The minimum absolute atomic E-state index is 0.220. The Bertz CT molecular complexity index is 687. The topological polar surface area (TPSA) is 57.4 Å². The molecule has 2 N–H and O–H groups in total. The Labute approximate surface area is 137 Å². The molecule has 1 aromatic carbocycles. The fourth-order valence-corrected chi connectivity index (χ4v) is 3.02. The number of hydrogen-bond acceptors (Lipinski definition) is 3. The summed E-state index contributed by atoms with van der Waals surface area (Å²) in [6.07, 6.45) is 2.74. The van der Waals surface area contributed by atoms with Crippen molar-refractivity contribution in [1.82, 2.24) is 15.2 Å². The molecule has 1 aliphatic heterocycles. The molecular weight excluding hydrogens is 290 g/mol. The maximum absolute atomic E-state index is 12.2. The zero-order valence-corrected chi connectivity index (χ0v) is 14.1. The summed E-state index contributed by atoms with van der Waals surface area (Å²) in [5.41, 5.74) is 1.99. The van der Waals surface area contributed by atoms with Crippen molar-refractivity contribution in [3.8, 4) is 0 Å². The van der Waals surface area contributed by atoms with Crippen LogP contribution in [0.5, 0.6) is 0 Å². The monoisotopic (exact) mass is 315 g/mol. The molecule has 2 heterocycles. The molecule has 0 aliphatic carbocycles. The number of hydrogen-bond donors (Lipinski definition) is 2. The molecule has 1 saturated heterocycles. The van der Waals surface area contributed by atoms with Gasteiger partial charge in [-0.2, -0.15) is 0 Å². The van der Waals surface area contributed by atoms with E-state index in [4.69, 9.17) is 4.74 Å². The van der Waals surface area contributed by atoms with Gasteiger partial charge in [0, 0.05) is 42.8 Å². The van der Waals surface area contributed by atoms with Gasteiger partial charge in [0.05, 0.1) is 0 Å². The number of nitrogens with zero attached hydrogens (tertiary/aromatic N) is 1. The zero-order valence-electron chi connectivity index (χ0n) is 14.1. The van der Waals surface area contributed by atoms with Gasteiger partial charge in [0.15, 0.2) is 0 Å². The van der Waals surface area contributed by atoms with Crippen LogP contribution in [0.2, 0.25) is 0 Å². The van der Waals surface area contributed by atoms with Crippen molar-refractivity contribution in [2.45, 2.75) is 38.8 Å². The summed E-state index contributed by atoms with van der Waals surface area (Å²) in [4.78, 5) is 17.4. The van der Waals surface area contributed by atoms with Crippen LogP contribution < -0.4 is 5.32 Å². The fraction of sp³-hybridized carbons (Fsp3) is 0.500. The van der Waals surface area contributed by atoms with Crippen molar-refractivity contribution in [2.75, 3.05) is 19.6 Å². The maximum Gasteiger partial charge on any atom is 0.410 e. The number of fused-ring (bicyclic) bond motifs is 1. The lowest BCUT2D eigenvalue weighted by atomic mass is 10.0. The Hall–Kier alpha value is -2.01. The van der Waals surface area contributed by atoms with Crippen LogP contribution in [-0.4, -0.2) is 47.3 Å². The van der Waals surface area contributed by atoms with E-state index in [1.165, 1.54) is 10.9 Å². The van der Waals surface area contributed by atoms with Gasteiger partial charge < -0.3 is 19.9 Å². The van der Waals surface area contributed by atoms with Crippen molar-refractivity contribution < 1.29 is 9.53 Å². The molecule has 0 saturated carbocycles. The van der Waals surface area contributed by atoms with Crippen LogP contribution in [0, 0.1) is 0 Å². The molecule has 23 heavy (non-hydrogen) atoms. The molecule has 1 amide bonds. The summed E-state index contributed by atoms with van der Waals surface area (Å²) >= 11 is 0. The van der Waals surface area contributed by atoms with Gasteiger partial charge in [-0.15, -0.1) is 0 Å². The normalized spacial score (nSPS) is 19.1. The molecule has 2 aromatic rings. The summed E-state index contributed by atoms with van der Waals surface area (Å²) in [6.45, 7) is 7.86. The third-order valence-electron chi connectivity index (χ3n) is 4.05. The summed E-state index contributed by atoms with van der Waals surface area (Å²) in [6, 6.07) is 8.55. The lowest BCUT2D eigenvalue weighted by molar-refractivity contribution is 0.0195. The molecule has 124 valence electrons. The van der Waals surface area contributed by atoms with Crippen molar-refractivity contribution in [3.05, 3.63) is 36.0 Å². The van der Waals surface area contributed by atoms with Gasteiger partial charge in [-0.1, -0.05) is 18.2 Å². The van der Waals surface area contributed by atoms with E-state index in [9.17, 15) is 4.79 Å². The number of rotatable bonds is 2. The van der Waals surface area contributed by atoms with Crippen molar-refractivity contribution in [3.63, 3.8) is 0 Å². The number of piperazine rings is 1. The Kier molecular flexibility index (Phi) is 4.31. The van der Waals surface area contributed by atoms with Crippen LogP contribution in [0.25, 0.3) is 10.9 Å². The number of aromatic nitrogens is 1. The SMILES string of the molecule is CC(C)(C)OC(=O)N1CCN[C@@H](Cc2c[nH]c3ccccc23)C1. The van der Waals surface area contributed by atoms with Crippen LogP contribution >= 0.6 is 0 Å². The lowest BCUT2D eigenvalue weighted by Gasteiger charge is -2.34. The maximum atomic E-state index is 12.2. The predicted molar refractivity (Wildman–Crippen MR) is 91.6 cm³/mol. The van der Waals surface area contributed by atoms with Crippen LogP contribution in [0.4, 0.5) is 4.79 Å². The van der Waals surface area contributed by atoms with Crippen molar-refractivity contribution in [1.29, 1.82) is 0 Å². The number of aromatic amines is 1. The smallest absolute Gasteiger partial charge is 0.410 e. The molecule has 0 radical (unpaired) electrons. The highest BCUT2D eigenvalue weighted by Crippen LogP contribution is 2.20. The predicted octanol–water partition coefficient (Wildman–Crippen LogP) is 2.92. The first-order chi connectivity index (χ1) is 10.9. The zero-order chi connectivity index (χ0) is 16.4. The van der Waals surface area contributed by atoms with Gasteiger partial charge in [0.25, 0.3) is 0 Å². The number of nitrogens with one attached hydrogen (secondary N) is 2. The minimum atomic E-state index is -0.450. The first kappa shape index (κ1) is 15.9. The Morgan fingerprint density at radius 1 is 1.35 bits per heavy atom. The van der Waals surface area contributed by atoms with Crippen LogP contribution in [0.15, 0.2) is 30.5 Å². The quantitative estimate of drug-likeness (QED) is 0.896. The van der Waals surface area contributed by atoms with Gasteiger partial charge in [-0.3, -0.25) is 0 Å². The molecule has 5 heteroatoms. The number of ether oxygens (including phenoxy) is 1. The second-order valence-electron chi connectivity index (χ2n) is 7.14. The van der Waals surface area contributed by atoms with Crippen molar-refractivity contribution in [2.24, 2.45) is 0 Å². The van der Waals surface area contributed by atoms with Crippen LogP contribution in [0.1, 0.15) is 26.3 Å². The number of H-pyrrole nitrogens is 1. The van der Waals surface area contributed by atoms with Gasteiger partial charge in [-0.05, 0) is 38.8 Å². The van der Waals surface area contributed by atoms with Gasteiger partial charge in [0.2, 0.25) is 0 Å². The largest absolute Gasteiger partial charge is 0.444 e. The highest BCUT2D eigenvalue weighted by Gasteiger charge is 2.27. The molecule has 1 atom stereocenters. The van der Waals surface area contributed by atoms with E-state index in [1.54, 1.807) is 4.90 Å². The molecular formula is C18H25N3O2. The number of para-hydroxylation sites is 1. The average Bonchev–Trinajstić information content (AvgIpc) is 2.89. The summed E-state index contributed by atoms with van der Waals surface area (Å²) in [5.74, 6) is 0. The number of carbonyl (C=O) groups excluding carboxylic acids is 1. The van der Waals surface area contributed by atoms with E-state index in [-0.39, 0.29) is 12.1 Å². The highest BCUT2D eigenvalue weighted by atomic mass is 16.6. The van der Waals surface area contributed by atoms with Gasteiger partial charge in [-0.25, -0.2) is 4.79 Å². The fourth-order valence-electron chi connectivity index (χ4n) is 3.02. The molecule has 1 aromatic heterocycles. The molecule has 5 nitrogen and oxygen atoms in total. The highest BCUT2D eigenvalue weighted by molar-refractivity contribution is 5.83. The second kappa shape index (κ2) is 6.24. The standard InChI is InChI=1S/C18H25N3O2/c1-18(2,3)23-17(22)21-9-8-19-14(12-21)10-13-11-20-16-7-5-4-6-15(13)16/h4-7,11,14,19-20H,8-10,12H2,1-3H3/t14-/m0/s1. The Balaban J connectivity index is 1.66. The van der Waals surface area contributed by atoms with E-state index in [0.717, 1.165) is 18.5 Å². The van der Waals surface area contributed by atoms with Gasteiger partial charge in [0.1, 0.15) is 5.60 Å². The third-order valence-corrected chi connectivity index (χ3v) is 4.05. The molecule has 1 aliphatic rings. The van der Waals surface area contributed by atoms with E-state index in [2.05, 4.69) is 34.7 Å². The second-order valence-corrected chi connectivity index (χ2v) is 7.14. The van der Waals surface area contributed by atoms with E-state index in [0.29, 0.717) is 13.1 Å². The molecule has 1 fully saturated rings. The molecule has 3 rings (SSSR count). The van der Waals surface area contributed by atoms with E-state index < -0.39 is 5.60 Å². The summed E-state index contributed by atoms with van der Waals surface area (Å²) < 4.78 is 5.48. The van der Waals surface area contributed by atoms with E-state index >= 15 is 0 Å².